The van der Waals surface area contributed by atoms with E-state index in [0.717, 1.165) is 25.2 Å². The van der Waals surface area contributed by atoms with Gasteiger partial charge in [-0.15, -0.1) is 0 Å². The predicted octanol–water partition coefficient (Wildman–Crippen LogP) is 17.3. The maximum atomic E-state index is 9.22. The van der Waals surface area contributed by atoms with Crippen LogP contribution in [0.1, 0.15) is 256 Å². The lowest BCUT2D eigenvalue weighted by atomic mass is 10.0. The number of anilines is 1. The van der Waals surface area contributed by atoms with Crippen molar-refractivity contribution < 1.29 is 21.7 Å². The predicted molar refractivity (Wildman–Crippen MR) is 274 cm³/mol. The molecule has 8 heteroatoms. The van der Waals surface area contributed by atoms with Crippen LogP contribution in [0.2, 0.25) is 5.02 Å². The molecule has 0 amide bonds. The molecular formula is C55H97ClN2O4S. The van der Waals surface area contributed by atoms with Crippen LogP contribution in [-0.2, 0) is 21.6 Å². The Morgan fingerprint density at radius 1 is 0.508 bits per heavy atom. The van der Waals surface area contributed by atoms with E-state index in [0.29, 0.717) is 0 Å². The average Bonchev–Trinajstić information content (AvgIpc) is 3.27. The first-order valence-electron chi connectivity index (χ1n) is 26.4. The van der Waals surface area contributed by atoms with Crippen LogP contribution in [0.15, 0.2) is 42.7 Å². The molecule has 0 radical (unpaired) electrons. The van der Waals surface area contributed by atoms with Gasteiger partial charge in [0, 0.05) is 25.2 Å². The number of nitrogens with zero attached hydrogens (tertiary/aromatic N) is 2. The Bertz CT molecular complexity index is 1390. The van der Waals surface area contributed by atoms with Crippen LogP contribution >= 0.6 is 11.6 Å². The molecule has 1 aromatic heterocycles. The molecule has 0 aliphatic carbocycles. The van der Waals surface area contributed by atoms with Gasteiger partial charge in [0.1, 0.15) is 7.05 Å². The maximum absolute atomic E-state index is 9.22. The van der Waals surface area contributed by atoms with Crippen LogP contribution in [0, 0.1) is 0 Å². The highest BCUT2D eigenvalue weighted by atomic mass is 35.5. The Labute approximate surface area is 395 Å². The number of hydrogen-bond acceptors (Lipinski definition) is 5. The first-order chi connectivity index (χ1) is 30.7. The Morgan fingerprint density at radius 3 is 1.08 bits per heavy atom. The van der Waals surface area contributed by atoms with Gasteiger partial charge in [-0.1, -0.05) is 262 Å². The molecule has 2 rings (SSSR count). The molecule has 6 nitrogen and oxygen atoms in total. The van der Waals surface area contributed by atoms with E-state index in [9.17, 15) is 13.0 Å². The van der Waals surface area contributed by atoms with E-state index < -0.39 is 10.4 Å². The summed E-state index contributed by atoms with van der Waals surface area (Å²) < 4.78 is 33.1. The molecule has 0 atom stereocenters. The zero-order valence-corrected chi connectivity index (χ0v) is 43.0. The molecular weight excluding hydrogens is 820 g/mol. The number of benzene rings is 1. The molecule has 0 saturated carbocycles. The molecule has 0 aliphatic heterocycles. The topological polar surface area (TPSA) is 73.5 Å². The first kappa shape index (κ1) is 59.1. The molecule has 2 aromatic rings. The summed E-state index contributed by atoms with van der Waals surface area (Å²) in [5.74, 6) is 0. The van der Waals surface area contributed by atoms with E-state index in [-0.39, 0.29) is 0 Å². The first-order valence-corrected chi connectivity index (χ1v) is 28.1. The standard InChI is InChI=1S/C54H94ClN2.CH4O4S/c1-4-6-8-10-12-14-16-18-20-22-24-26-28-30-32-34-36-38-46-57(54-43-42-52(50-53(54)55)41-40-51-44-48-56(3)49-45-51)47-39-37-35-33-31-29-27-25-23-21-19-17-15-13-11-9-7-5-2;1-5-6(2,3)4/h40-45,48-50H,4-39,46-47H2,1-3H3;1H3,(H,2,3,4)/q+1;/p-1. The van der Waals surface area contributed by atoms with Crippen molar-refractivity contribution in [3.05, 3.63) is 58.9 Å². The molecule has 0 saturated heterocycles. The maximum Gasteiger partial charge on any atom is 0.217 e. The second-order valence-electron chi connectivity index (χ2n) is 18.4. The van der Waals surface area contributed by atoms with Gasteiger partial charge in [-0.2, -0.15) is 0 Å². The minimum atomic E-state index is -4.41. The van der Waals surface area contributed by atoms with E-state index in [4.69, 9.17) is 11.6 Å². The number of aromatic nitrogens is 1. The summed E-state index contributed by atoms with van der Waals surface area (Å²) in [5.41, 5.74) is 3.59. The molecule has 0 N–H and O–H groups in total. The van der Waals surface area contributed by atoms with Gasteiger partial charge in [0.25, 0.3) is 0 Å². The van der Waals surface area contributed by atoms with E-state index >= 15 is 0 Å². The minimum Gasteiger partial charge on any atom is -0.726 e. The largest absolute Gasteiger partial charge is 0.726 e. The van der Waals surface area contributed by atoms with Crippen LogP contribution in [-0.4, -0.2) is 33.2 Å². The van der Waals surface area contributed by atoms with Gasteiger partial charge in [-0.25, -0.2) is 13.0 Å². The Morgan fingerprint density at radius 2 is 0.794 bits per heavy atom. The quantitative estimate of drug-likeness (QED) is 0.0287. The van der Waals surface area contributed by atoms with Gasteiger partial charge >= 0.3 is 0 Å². The van der Waals surface area contributed by atoms with Crippen molar-refractivity contribution in [1.82, 2.24) is 0 Å². The number of aryl methyl sites for hydroxylation is 1. The number of unbranched alkanes of at least 4 members (excludes halogenated alkanes) is 34. The van der Waals surface area contributed by atoms with Gasteiger partial charge < -0.3 is 9.45 Å². The van der Waals surface area contributed by atoms with Crippen LogP contribution in [0.3, 0.4) is 0 Å². The molecule has 0 bridgehead atoms. The molecule has 0 spiro atoms. The summed E-state index contributed by atoms with van der Waals surface area (Å²) >= 11 is 7.02. The Kier molecular flexibility index (Phi) is 40.0. The van der Waals surface area contributed by atoms with Crippen LogP contribution in [0.25, 0.3) is 12.2 Å². The van der Waals surface area contributed by atoms with Gasteiger partial charge in [0.05, 0.1) is 17.8 Å². The third kappa shape index (κ3) is 37.9. The van der Waals surface area contributed by atoms with Crippen LogP contribution in [0.4, 0.5) is 5.69 Å². The summed E-state index contributed by atoms with van der Waals surface area (Å²) in [7, 11) is -1.55. The number of halogens is 1. The smallest absolute Gasteiger partial charge is 0.217 e. The van der Waals surface area contributed by atoms with Gasteiger partial charge in [0.15, 0.2) is 12.4 Å². The van der Waals surface area contributed by atoms with Gasteiger partial charge in [0.2, 0.25) is 10.4 Å². The molecule has 1 aromatic carbocycles. The van der Waals surface area contributed by atoms with Crippen molar-refractivity contribution in [2.24, 2.45) is 7.05 Å². The van der Waals surface area contributed by atoms with E-state index in [2.05, 4.69) is 89.4 Å². The summed E-state index contributed by atoms with van der Waals surface area (Å²) in [6, 6.07) is 11.0. The SMILES string of the molecule is CCCCCCCCCCCCCCCCCCCCN(CCCCCCCCCCCCCCCCCCCC)c1ccc(C=Cc2cc[n+](C)cc2)cc1Cl.COS(=O)(=O)[O-]. The molecule has 364 valence electrons. The van der Waals surface area contributed by atoms with Gasteiger partial charge in [-0.3, -0.25) is 4.18 Å². The van der Waals surface area contributed by atoms with Crippen molar-refractivity contribution in [2.75, 3.05) is 25.1 Å². The average molecular weight is 918 g/mol. The second kappa shape index (κ2) is 42.7. The Hall–Kier alpha value is -1.93. The van der Waals surface area contributed by atoms with E-state index in [1.807, 2.05) is 0 Å². The number of pyridine rings is 1. The summed E-state index contributed by atoms with van der Waals surface area (Å²) in [4.78, 5) is 2.60. The van der Waals surface area contributed by atoms with Crippen molar-refractivity contribution in [3.63, 3.8) is 0 Å². The lowest BCUT2D eigenvalue weighted by Gasteiger charge is -2.26. The fourth-order valence-corrected chi connectivity index (χ4v) is 8.77. The highest BCUT2D eigenvalue weighted by molar-refractivity contribution is 7.80. The van der Waals surface area contributed by atoms with Crippen LogP contribution in [0.5, 0.6) is 0 Å². The molecule has 63 heavy (non-hydrogen) atoms. The normalized spacial score (nSPS) is 11.7. The fourth-order valence-electron chi connectivity index (χ4n) is 8.46. The number of hydrogen-bond donors (Lipinski definition) is 0. The van der Waals surface area contributed by atoms with Crippen molar-refractivity contribution in [1.29, 1.82) is 0 Å². The zero-order chi connectivity index (χ0) is 45.9. The summed E-state index contributed by atoms with van der Waals surface area (Å²) in [6.07, 6.45) is 59.7. The third-order valence-corrected chi connectivity index (χ3v) is 13.3. The fraction of sp³-hybridized carbons (Fsp3) is 0.764. The molecule has 0 fully saturated rings. The summed E-state index contributed by atoms with van der Waals surface area (Å²) in [5, 5.41) is 0.890. The molecule has 0 unspecified atom stereocenters. The monoisotopic (exact) mass is 917 g/mol. The number of rotatable bonds is 42. The lowest BCUT2D eigenvalue weighted by Crippen LogP contribution is -2.26. The zero-order valence-electron chi connectivity index (χ0n) is 41.4. The van der Waals surface area contributed by atoms with E-state index in [1.165, 1.54) is 248 Å². The van der Waals surface area contributed by atoms with E-state index in [1.54, 1.807) is 0 Å². The van der Waals surface area contributed by atoms with Crippen molar-refractivity contribution in [3.8, 4) is 0 Å². The van der Waals surface area contributed by atoms with Crippen LogP contribution < -0.4 is 9.47 Å². The van der Waals surface area contributed by atoms with Gasteiger partial charge in [-0.05, 0) is 36.1 Å². The Balaban J connectivity index is 0.00000307. The third-order valence-electron chi connectivity index (χ3n) is 12.6. The highest BCUT2D eigenvalue weighted by Crippen LogP contribution is 2.29. The highest BCUT2D eigenvalue weighted by Gasteiger charge is 2.11. The second-order valence-corrected chi connectivity index (χ2v) is 20.0. The lowest BCUT2D eigenvalue weighted by molar-refractivity contribution is -0.671. The van der Waals surface area contributed by atoms with Crippen molar-refractivity contribution in [2.45, 2.75) is 245 Å². The summed E-state index contributed by atoms with van der Waals surface area (Å²) in [6.45, 7) is 6.85. The molecule has 1 heterocycles. The molecule has 0 aliphatic rings. The minimum absolute atomic E-state index is 0.808. The van der Waals surface area contributed by atoms with Crippen molar-refractivity contribution >= 4 is 39.8 Å².